The normalized spacial score (nSPS) is 11.5. The molecule has 0 aliphatic heterocycles. The number of nitrogen functional groups attached to an aromatic ring is 1. The third-order valence-corrected chi connectivity index (χ3v) is 5.86. The van der Waals surface area contributed by atoms with Gasteiger partial charge in [-0.25, -0.2) is 9.97 Å². The standard InChI is InChI=1S/C30H33N7O2/c1-30(2,3)25(39-33)17-18-34-21-11-13-22(14-12-21)37-29-26(28(32)35-19-36-29)27(31)20-9-15-24(16-10-20)38-23-7-5-4-6-8-23/h4-17,19,31,34H,18,33H2,1-3H3,(H3,32,35,36,37)/b25-17-,31-27?. The Labute approximate surface area is 228 Å². The van der Waals surface area contributed by atoms with Gasteiger partial charge in [0.25, 0.3) is 0 Å². The van der Waals surface area contributed by atoms with E-state index in [2.05, 4.69) is 20.6 Å². The van der Waals surface area contributed by atoms with Crippen molar-refractivity contribution in [1.82, 2.24) is 9.97 Å². The van der Waals surface area contributed by atoms with Crippen LogP contribution in [0.4, 0.5) is 23.0 Å². The van der Waals surface area contributed by atoms with Crippen molar-refractivity contribution in [1.29, 1.82) is 5.41 Å². The molecule has 0 aliphatic rings. The molecule has 0 saturated carbocycles. The number of hydrogen-bond donors (Lipinski definition) is 5. The van der Waals surface area contributed by atoms with Gasteiger partial charge in [0.2, 0.25) is 0 Å². The summed E-state index contributed by atoms with van der Waals surface area (Å²) in [6.45, 7) is 6.68. The third-order valence-electron chi connectivity index (χ3n) is 5.86. The first-order valence-corrected chi connectivity index (χ1v) is 12.5. The van der Waals surface area contributed by atoms with Gasteiger partial charge in [0, 0.05) is 28.9 Å². The summed E-state index contributed by atoms with van der Waals surface area (Å²) in [7, 11) is 0. The topological polar surface area (TPSA) is 144 Å². The SMILES string of the molecule is CC(C)(C)/C(=C/CNc1ccc(Nc2ncnc(N)c2C(=N)c2ccc(Oc3ccccc3)cc2)cc1)ON. The fourth-order valence-corrected chi connectivity index (χ4v) is 3.80. The summed E-state index contributed by atoms with van der Waals surface area (Å²) in [6, 6.07) is 24.5. The van der Waals surface area contributed by atoms with Gasteiger partial charge in [-0.3, -0.25) is 5.41 Å². The van der Waals surface area contributed by atoms with Gasteiger partial charge in [0.05, 0.1) is 11.3 Å². The van der Waals surface area contributed by atoms with E-state index in [0.29, 0.717) is 35.0 Å². The molecule has 4 rings (SSSR count). The fraction of sp³-hybridized carbons (Fsp3) is 0.167. The fourth-order valence-electron chi connectivity index (χ4n) is 3.80. The van der Waals surface area contributed by atoms with Crippen molar-refractivity contribution in [3.05, 3.63) is 108 Å². The smallest absolute Gasteiger partial charge is 0.145 e. The molecule has 0 radical (unpaired) electrons. The van der Waals surface area contributed by atoms with Crippen LogP contribution in [-0.2, 0) is 4.84 Å². The molecule has 0 aliphatic carbocycles. The number of nitrogens with two attached hydrogens (primary N) is 2. The summed E-state index contributed by atoms with van der Waals surface area (Å²) >= 11 is 0. The molecule has 0 amide bonds. The minimum absolute atomic E-state index is 0.174. The summed E-state index contributed by atoms with van der Waals surface area (Å²) in [4.78, 5) is 13.5. The van der Waals surface area contributed by atoms with E-state index in [-0.39, 0.29) is 16.9 Å². The van der Waals surface area contributed by atoms with E-state index in [1.807, 2.05) is 106 Å². The van der Waals surface area contributed by atoms with Crippen LogP contribution in [-0.4, -0.2) is 22.2 Å². The molecule has 39 heavy (non-hydrogen) atoms. The minimum Gasteiger partial charge on any atom is -0.457 e. The van der Waals surface area contributed by atoms with Crippen molar-refractivity contribution in [2.75, 3.05) is 22.9 Å². The van der Waals surface area contributed by atoms with E-state index >= 15 is 0 Å². The summed E-state index contributed by atoms with van der Waals surface area (Å²) in [6.07, 6.45) is 3.30. The maximum absolute atomic E-state index is 8.84. The highest BCUT2D eigenvalue weighted by molar-refractivity contribution is 6.16. The molecule has 0 fully saturated rings. The second-order valence-electron chi connectivity index (χ2n) is 9.82. The minimum atomic E-state index is -0.174. The van der Waals surface area contributed by atoms with Crippen molar-refractivity contribution in [2.45, 2.75) is 20.8 Å². The first-order chi connectivity index (χ1) is 18.7. The number of nitrogens with one attached hydrogen (secondary N) is 3. The molecule has 9 heteroatoms. The average molecular weight is 524 g/mol. The largest absolute Gasteiger partial charge is 0.457 e. The maximum Gasteiger partial charge on any atom is 0.145 e. The van der Waals surface area contributed by atoms with Crippen LogP contribution in [0.3, 0.4) is 0 Å². The van der Waals surface area contributed by atoms with Crippen molar-refractivity contribution in [3.63, 3.8) is 0 Å². The van der Waals surface area contributed by atoms with Crippen LogP contribution < -0.4 is 27.0 Å². The lowest BCUT2D eigenvalue weighted by molar-refractivity contribution is 0.155. The summed E-state index contributed by atoms with van der Waals surface area (Å²) in [5, 5.41) is 15.4. The van der Waals surface area contributed by atoms with E-state index in [1.165, 1.54) is 6.33 Å². The van der Waals surface area contributed by atoms with Gasteiger partial charge in [0.15, 0.2) is 0 Å². The molecule has 7 N–H and O–H groups in total. The lowest BCUT2D eigenvalue weighted by atomic mass is 9.93. The number of anilines is 4. The number of allylic oxidation sites excluding steroid dienone is 1. The molecule has 1 heterocycles. The molecule has 0 atom stereocenters. The van der Waals surface area contributed by atoms with Crippen molar-refractivity contribution in [3.8, 4) is 11.5 Å². The number of para-hydroxylation sites is 1. The Morgan fingerprint density at radius 1 is 0.897 bits per heavy atom. The van der Waals surface area contributed by atoms with E-state index in [4.69, 9.17) is 26.6 Å². The molecule has 0 saturated heterocycles. The van der Waals surface area contributed by atoms with Gasteiger partial charge in [-0.1, -0.05) is 39.0 Å². The molecule has 0 spiro atoms. The van der Waals surface area contributed by atoms with E-state index in [1.54, 1.807) is 0 Å². The van der Waals surface area contributed by atoms with E-state index < -0.39 is 0 Å². The maximum atomic E-state index is 8.84. The highest BCUT2D eigenvalue weighted by Crippen LogP contribution is 2.28. The van der Waals surface area contributed by atoms with Crippen LogP contribution in [0.1, 0.15) is 31.9 Å². The summed E-state index contributed by atoms with van der Waals surface area (Å²) in [5.74, 6) is 8.18. The lowest BCUT2D eigenvalue weighted by Crippen LogP contribution is -2.17. The Bertz CT molecular complexity index is 1430. The average Bonchev–Trinajstić information content (AvgIpc) is 2.92. The van der Waals surface area contributed by atoms with Gasteiger partial charge in [-0.2, -0.15) is 5.90 Å². The molecule has 1 aromatic heterocycles. The molecule has 4 aromatic rings. The second kappa shape index (κ2) is 12.1. The van der Waals surface area contributed by atoms with Crippen molar-refractivity contribution < 1.29 is 9.57 Å². The van der Waals surface area contributed by atoms with Gasteiger partial charge >= 0.3 is 0 Å². The lowest BCUT2D eigenvalue weighted by Gasteiger charge is -2.20. The van der Waals surface area contributed by atoms with Crippen LogP contribution in [0.15, 0.2) is 97.0 Å². The highest BCUT2D eigenvalue weighted by Gasteiger charge is 2.18. The molecular weight excluding hydrogens is 490 g/mol. The predicted molar refractivity (Wildman–Crippen MR) is 156 cm³/mol. The predicted octanol–water partition coefficient (Wildman–Crippen LogP) is 6.24. The molecule has 0 unspecified atom stereocenters. The van der Waals surface area contributed by atoms with Crippen LogP contribution in [0, 0.1) is 10.8 Å². The zero-order valence-electron chi connectivity index (χ0n) is 22.2. The van der Waals surface area contributed by atoms with Crippen molar-refractivity contribution >= 4 is 28.7 Å². The zero-order chi connectivity index (χ0) is 27.8. The molecule has 3 aromatic carbocycles. The van der Waals surface area contributed by atoms with E-state index in [0.717, 1.165) is 17.1 Å². The monoisotopic (exact) mass is 523 g/mol. The Morgan fingerprint density at radius 3 is 2.18 bits per heavy atom. The second-order valence-corrected chi connectivity index (χ2v) is 9.82. The number of rotatable bonds is 10. The molecule has 200 valence electrons. The molecule has 9 nitrogen and oxygen atoms in total. The first kappa shape index (κ1) is 27.2. The van der Waals surface area contributed by atoms with Gasteiger partial charge in [-0.05, 0) is 66.7 Å². The molecular formula is C30H33N7O2. The highest BCUT2D eigenvalue weighted by atomic mass is 16.6. The third kappa shape index (κ3) is 7.12. The Hall–Kier alpha value is -4.89. The quantitative estimate of drug-likeness (QED) is 0.0933. The summed E-state index contributed by atoms with van der Waals surface area (Å²) in [5.41, 5.74) is 9.01. The van der Waals surface area contributed by atoms with Crippen molar-refractivity contribution in [2.24, 2.45) is 11.3 Å². The van der Waals surface area contributed by atoms with Gasteiger partial charge < -0.3 is 25.9 Å². The zero-order valence-corrected chi connectivity index (χ0v) is 22.2. The number of ether oxygens (including phenoxy) is 1. The van der Waals surface area contributed by atoms with Gasteiger partial charge in [0.1, 0.15) is 35.2 Å². The Balaban J connectivity index is 1.45. The number of aromatic nitrogens is 2. The van der Waals surface area contributed by atoms with Gasteiger partial charge in [-0.15, -0.1) is 0 Å². The van der Waals surface area contributed by atoms with Crippen LogP contribution >= 0.6 is 0 Å². The van der Waals surface area contributed by atoms with E-state index in [9.17, 15) is 0 Å². The number of benzene rings is 3. The van der Waals surface area contributed by atoms with Crippen LogP contribution in [0.25, 0.3) is 0 Å². The van der Waals surface area contributed by atoms with Crippen LogP contribution in [0.5, 0.6) is 11.5 Å². The van der Waals surface area contributed by atoms with Crippen LogP contribution in [0.2, 0.25) is 0 Å². The number of nitrogens with zero attached hydrogens (tertiary/aromatic N) is 2. The number of hydrogen-bond acceptors (Lipinski definition) is 9. The Kier molecular flexibility index (Phi) is 8.43. The summed E-state index contributed by atoms with van der Waals surface area (Å²) < 4.78 is 5.86. The Morgan fingerprint density at radius 2 is 1.54 bits per heavy atom. The first-order valence-electron chi connectivity index (χ1n) is 12.5. The molecule has 0 bridgehead atoms.